The molecule has 76 valence electrons. The molecule has 0 N–H and O–H groups in total. The van der Waals surface area contributed by atoms with Crippen molar-refractivity contribution >= 4 is 39.0 Å². The molecule has 0 aliphatic rings. The van der Waals surface area contributed by atoms with Crippen LogP contribution in [0.25, 0.3) is 0 Å². The van der Waals surface area contributed by atoms with E-state index in [2.05, 4.69) is 5.18 Å². The molecule has 1 aromatic carbocycles. The first-order valence-electron chi connectivity index (χ1n) is 3.14. The molecule has 0 heterocycles. The average Bonchev–Trinajstić information content (AvgIpc) is 2.01. The minimum atomic E-state index is -4.64. The van der Waals surface area contributed by atoms with E-state index >= 15 is 0 Å². The zero-order valence-corrected chi connectivity index (χ0v) is 11.7. The number of hydrogen-bond acceptors (Lipinski definition) is 5. The first-order valence-corrected chi connectivity index (χ1v) is 5.31. The molecule has 5 nitrogen and oxygen atoms in total. The van der Waals surface area contributed by atoms with E-state index in [0.717, 1.165) is 12.1 Å². The maximum Gasteiger partial charge on any atom is 1.00 e. The predicted octanol–water partition coefficient (Wildman–Crippen LogP) is -0.701. The molecule has 0 atom stereocenters. The number of benzene rings is 1. The van der Waals surface area contributed by atoms with Crippen LogP contribution < -0.4 is 29.6 Å². The van der Waals surface area contributed by atoms with Crippen molar-refractivity contribution in [3.63, 3.8) is 0 Å². The van der Waals surface area contributed by atoms with Crippen LogP contribution in [0.5, 0.6) is 0 Å². The molecule has 0 saturated heterocycles. The normalized spacial score (nSPS) is 10.6. The summed E-state index contributed by atoms with van der Waals surface area (Å²) in [4.78, 5) is 9.57. The fourth-order valence-corrected chi connectivity index (χ4v) is 1.98. The molecule has 0 amide bonds. The topological polar surface area (TPSA) is 86.6 Å². The second-order valence-electron chi connectivity index (χ2n) is 2.28. The van der Waals surface area contributed by atoms with Gasteiger partial charge in [-0.15, -0.1) is 4.91 Å². The Balaban J connectivity index is 0.00000196. The number of halogens is 2. The molecule has 0 bridgehead atoms. The zero-order chi connectivity index (χ0) is 10.9. The van der Waals surface area contributed by atoms with Gasteiger partial charge in [0.25, 0.3) is 0 Å². The SMILES string of the molecule is O=Nc1c(Cl)cc(S(=O)(=O)[O-])cc1Cl.[Na+]. The molecule has 1 aromatic rings. The van der Waals surface area contributed by atoms with E-state index in [9.17, 15) is 17.9 Å². The van der Waals surface area contributed by atoms with Crippen LogP contribution in [0.2, 0.25) is 10.0 Å². The minimum absolute atomic E-state index is 0. The van der Waals surface area contributed by atoms with Crippen LogP contribution in [-0.4, -0.2) is 13.0 Å². The van der Waals surface area contributed by atoms with Crippen molar-refractivity contribution in [2.75, 3.05) is 0 Å². The number of rotatable bonds is 2. The summed E-state index contributed by atoms with van der Waals surface area (Å²) >= 11 is 10.9. The Labute approximate surface area is 118 Å². The van der Waals surface area contributed by atoms with Crippen molar-refractivity contribution in [3.05, 3.63) is 27.1 Å². The Morgan fingerprint density at radius 1 is 1.20 bits per heavy atom. The van der Waals surface area contributed by atoms with Crippen molar-refractivity contribution in [1.82, 2.24) is 0 Å². The zero-order valence-electron chi connectivity index (χ0n) is 7.40. The van der Waals surface area contributed by atoms with Gasteiger partial charge in [0, 0.05) is 0 Å². The van der Waals surface area contributed by atoms with Gasteiger partial charge in [0.15, 0.2) is 0 Å². The molecule has 0 spiro atoms. The van der Waals surface area contributed by atoms with Crippen LogP contribution in [0, 0.1) is 4.91 Å². The predicted molar refractivity (Wildman–Crippen MR) is 49.9 cm³/mol. The Morgan fingerprint density at radius 2 is 1.60 bits per heavy atom. The van der Waals surface area contributed by atoms with Crippen molar-refractivity contribution in [2.24, 2.45) is 5.18 Å². The smallest absolute Gasteiger partial charge is 0.744 e. The molecule has 0 aliphatic heterocycles. The van der Waals surface area contributed by atoms with E-state index in [1.54, 1.807) is 0 Å². The molecule has 0 unspecified atom stereocenters. The number of hydrogen-bond donors (Lipinski definition) is 0. The van der Waals surface area contributed by atoms with Gasteiger partial charge in [-0.3, -0.25) is 0 Å². The van der Waals surface area contributed by atoms with Gasteiger partial charge in [-0.05, 0) is 17.3 Å². The quantitative estimate of drug-likeness (QED) is 0.406. The second-order valence-corrected chi connectivity index (χ2v) is 4.47. The third-order valence-corrected chi connectivity index (χ3v) is 2.76. The monoisotopic (exact) mass is 277 g/mol. The standard InChI is InChI=1S/C6H3Cl2NO4S.Na/c7-4-1-3(14(11,12)13)2-5(8)6(4)9-10;/h1-2H,(H,11,12,13);/q;+1/p-1. The van der Waals surface area contributed by atoms with E-state index in [1.807, 2.05) is 0 Å². The maximum absolute atomic E-state index is 10.6. The van der Waals surface area contributed by atoms with Gasteiger partial charge in [0.2, 0.25) is 0 Å². The van der Waals surface area contributed by atoms with Crippen molar-refractivity contribution in [2.45, 2.75) is 4.90 Å². The summed E-state index contributed by atoms with van der Waals surface area (Å²) in [6.07, 6.45) is 0. The summed E-state index contributed by atoms with van der Waals surface area (Å²) in [6, 6.07) is 1.65. The Hall–Kier alpha value is 0.310. The average molecular weight is 278 g/mol. The molecule has 0 saturated carbocycles. The van der Waals surface area contributed by atoms with Crippen molar-refractivity contribution < 1.29 is 42.5 Å². The van der Waals surface area contributed by atoms with Gasteiger partial charge in [-0.25, -0.2) is 8.42 Å². The summed E-state index contributed by atoms with van der Waals surface area (Å²) in [5, 5.41) is 1.93. The molecular formula is C6H2Cl2NNaO4S. The first kappa shape index (κ1) is 15.3. The van der Waals surface area contributed by atoms with Gasteiger partial charge in [0.1, 0.15) is 15.8 Å². The van der Waals surface area contributed by atoms with Crippen LogP contribution in [0.15, 0.2) is 22.2 Å². The van der Waals surface area contributed by atoms with Gasteiger partial charge >= 0.3 is 29.6 Å². The molecular weight excluding hydrogens is 276 g/mol. The van der Waals surface area contributed by atoms with Crippen molar-refractivity contribution in [1.29, 1.82) is 0 Å². The van der Waals surface area contributed by atoms with Gasteiger partial charge in [-0.2, -0.15) is 0 Å². The van der Waals surface area contributed by atoms with E-state index in [4.69, 9.17) is 23.2 Å². The van der Waals surface area contributed by atoms with E-state index in [-0.39, 0.29) is 45.3 Å². The Morgan fingerprint density at radius 3 is 1.87 bits per heavy atom. The van der Waals surface area contributed by atoms with Gasteiger partial charge < -0.3 is 4.55 Å². The largest absolute Gasteiger partial charge is 1.00 e. The van der Waals surface area contributed by atoms with E-state index in [1.165, 1.54) is 0 Å². The molecule has 15 heavy (non-hydrogen) atoms. The number of nitrogens with zero attached hydrogens (tertiary/aromatic N) is 1. The summed E-state index contributed by atoms with van der Waals surface area (Å²) in [5.41, 5.74) is -0.291. The van der Waals surface area contributed by atoms with Gasteiger partial charge in [0.05, 0.1) is 14.9 Å². The van der Waals surface area contributed by atoms with E-state index in [0.29, 0.717) is 0 Å². The Bertz CT molecular complexity index is 467. The molecule has 0 aliphatic carbocycles. The summed E-state index contributed by atoms with van der Waals surface area (Å²) in [6.45, 7) is 0. The third-order valence-electron chi connectivity index (χ3n) is 1.37. The van der Waals surface area contributed by atoms with Crippen LogP contribution in [0.3, 0.4) is 0 Å². The van der Waals surface area contributed by atoms with Crippen LogP contribution in [0.4, 0.5) is 5.69 Å². The first-order chi connectivity index (χ1) is 6.36. The molecule has 0 aromatic heterocycles. The summed E-state index contributed by atoms with van der Waals surface area (Å²) in [7, 11) is -4.64. The minimum Gasteiger partial charge on any atom is -0.744 e. The van der Waals surface area contributed by atoms with Crippen molar-refractivity contribution in [3.8, 4) is 0 Å². The molecule has 1 rings (SSSR count). The van der Waals surface area contributed by atoms with Crippen LogP contribution in [0.1, 0.15) is 0 Å². The molecule has 0 radical (unpaired) electrons. The van der Waals surface area contributed by atoms with Crippen LogP contribution >= 0.6 is 23.2 Å². The summed E-state index contributed by atoms with van der Waals surface area (Å²) < 4.78 is 31.7. The van der Waals surface area contributed by atoms with Gasteiger partial charge in [-0.1, -0.05) is 23.2 Å². The van der Waals surface area contributed by atoms with Crippen LogP contribution in [-0.2, 0) is 10.1 Å². The number of nitroso groups, excluding NO2 is 1. The maximum atomic E-state index is 10.6. The molecule has 0 fully saturated rings. The fraction of sp³-hybridized carbons (Fsp3) is 0. The molecule has 9 heteroatoms. The summed E-state index contributed by atoms with van der Waals surface area (Å²) in [5.74, 6) is 0. The third kappa shape index (κ3) is 3.67. The fourth-order valence-electron chi connectivity index (χ4n) is 0.774. The Kier molecular flexibility index (Phi) is 5.70. The van der Waals surface area contributed by atoms with E-state index < -0.39 is 15.0 Å². The second kappa shape index (κ2) is 5.58.